The van der Waals surface area contributed by atoms with E-state index in [1.54, 1.807) is 12.1 Å². The molecule has 0 aliphatic carbocycles. The summed E-state index contributed by atoms with van der Waals surface area (Å²) >= 11 is 3.22. The van der Waals surface area contributed by atoms with E-state index in [2.05, 4.69) is 21.2 Å². The van der Waals surface area contributed by atoms with Crippen LogP contribution in [0.3, 0.4) is 0 Å². The highest BCUT2D eigenvalue weighted by Crippen LogP contribution is 2.25. The van der Waals surface area contributed by atoms with E-state index in [0.717, 1.165) is 25.9 Å². The number of nitrogens with two attached hydrogens (primary N) is 1. The Labute approximate surface area is 120 Å². The number of hydrogen-bond acceptors (Lipinski definition) is 3. The summed E-state index contributed by atoms with van der Waals surface area (Å²) in [6.45, 7) is 1.90. The van der Waals surface area contributed by atoms with Crippen LogP contribution in [0, 0.1) is 5.82 Å². The summed E-state index contributed by atoms with van der Waals surface area (Å²) in [6.07, 6.45) is 1.80. The highest BCUT2D eigenvalue weighted by atomic mass is 79.9. The molecule has 104 valence electrons. The molecule has 0 saturated carbocycles. The molecule has 1 heterocycles. The van der Waals surface area contributed by atoms with Crippen LogP contribution in [-0.4, -0.2) is 36.5 Å². The third-order valence-corrected chi connectivity index (χ3v) is 3.89. The fourth-order valence-corrected chi connectivity index (χ4v) is 2.55. The summed E-state index contributed by atoms with van der Waals surface area (Å²) in [5.41, 5.74) is 6.00. The largest absolute Gasteiger partial charge is 0.328 e. The molecule has 1 fully saturated rings. The quantitative estimate of drug-likeness (QED) is 0.891. The number of para-hydroxylation sites is 1. The normalized spacial score (nSPS) is 17.4. The number of piperidine rings is 1. The Morgan fingerprint density at radius 2 is 2.16 bits per heavy atom. The molecule has 0 atom stereocenters. The summed E-state index contributed by atoms with van der Waals surface area (Å²) in [4.78, 5) is 13.9. The van der Waals surface area contributed by atoms with Crippen LogP contribution >= 0.6 is 15.9 Å². The average molecular weight is 330 g/mol. The molecule has 1 saturated heterocycles. The van der Waals surface area contributed by atoms with Crippen molar-refractivity contribution in [2.24, 2.45) is 5.73 Å². The molecule has 0 spiro atoms. The Bertz CT molecular complexity index is 441. The van der Waals surface area contributed by atoms with Gasteiger partial charge in [0.2, 0.25) is 5.91 Å². The zero-order valence-corrected chi connectivity index (χ0v) is 12.1. The number of likely N-dealkylation sites (tertiary alicyclic amines) is 1. The predicted octanol–water partition coefficient (Wildman–Crippen LogP) is 1.95. The van der Waals surface area contributed by atoms with Crippen LogP contribution in [0.5, 0.6) is 0 Å². The molecule has 0 bridgehead atoms. The predicted molar refractivity (Wildman–Crippen MR) is 76.4 cm³/mol. The maximum absolute atomic E-state index is 13.6. The number of hydrogen-bond donors (Lipinski definition) is 2. The number of nitrogens with zero attached hydrogens (tertiary/aromatic N) is 1. The standard InChI is InChI=1S/C13H17BrFN3O/c14-10-2-1-3-11(15)13(10)17-12(19)8-18-6-4-9(16)5-7-18/h1-3,9H,4-8,16H2,(H,17,19). The van der Waals surface area contributed by atoms with E-state index in [9.17, 15) is 9.18 Å². The van der Waals surface area contributed by atoms with Gasteiger partial charge in [-0.05, 0) is 40.9 Å². The van der Waals surface area contributed by atoms with Crippen LogP contribution < -0.4 is 11.1 Å². The zero-order chi connectivity index (χ0) is 13.8. The van der Waals surface area contributed by atoms with Gasteiger partial charge in [0.25, 0.3) is 0 Å². The van der Waals surface area contributed by atoms with E-state index in [4.69, 9.17) is 5.73 Å². The molecular formula is C13H17BrFN3O. The van der Waals surface area contributed by atoms with Crippen LogP contribution in [0.1, 0.15) is 12.8 Å². The number of carbonyl (C=O) groups is 1. The van der Waals surface area contributed by atoms with E-state index in [1.807, 2.05) is 4.90 Å². The molecule has 1 aromatic carbocycles. The lowest BCUT2D eigenvalue weighted by atomic mass is 10.1. The maximum Gasteiger partial charge on any atom is 0.238 e. The van der Waals surface area contributed by atoms with Gasteiger partial charge in [-0.3, -0.25) is 9.69 Å². The molecule has 19 heavy (non-hydrogen) atoms. The average Bonchev–Trinajstić information content (AvgIpc) is 2.37. The number of carbonyl (C=O) groups excluding carboxylic acids is 1. The molecule has 1 aliphatic rings. The second kappa shape index (κ2) is 6.45. The minimum atomic E-state index is -0.441. The zero-order valence-electron chi connectivity index (χ0n) is 10.5. The number of halogens is 2. The van der Waals surface area contributed by atoms with Crippen LogP contribution in [0.4, 0.5) is 10.1 Å². The summed E-state index contributed by atoms with van der Waals surface area (Å²) in [7, 11) is 0. The molecule has 0 radical (unpaired) electrons. The summed E-state index contributed by atoms with van der Waals surface area (Å²) < 4.78 is 14.1. The van der Waals surface area contributed by atoms with Gasteiger partial charge in [0.05, 0.1) is 12.2 Å². The van der Waals surface area contributed by atoms with Gasteiger partial charge in [-0.25, -0.2) is 4.39 Å². The highest BCUT2D eigenvalue weighted by molar-refractivity contribution is 9.10. The Morgan fingerprint density at radius 3 is 2.79 bits per heavy atom. The van der Waals surface area contributed by atoms with E-state index >= 15 is 0 Å². The van der Waals surface area contributed by atoms with Crippen molar-refractivity contribution in [2.75, 3.05) is 25.0 Å². The van der Waals surface area contributed by atoms with E-state index in [1.165, 1.54) is 6.07 Å². The van der Waals surface area contributed by atoms with Gasteiger partial charge in [-0.1, -0.05) is 6.07 Å². The lowest BCUT2D eigenvalue weighted by Crippen LogP contribution is -2.43. The lowest BCUT2D eigenvalue weighted by Gasteiger charge is -2.29. The molecule has 2 rings (SSSR count). The maximum atomic E-state index is 13.6. The number of benzene rings is 1. The summed E-state index contributed by atoms with van der Waals surface area (Å²) in [5.74, 6) is -0.648. The molecule has 4 nitrogen and oxygen atoms in total. The Balaban J connectivity index is 1.91. The van der Waals surface area contributed by atoms with Gasteiger partial charge in [0.15, 0.2) is 0 Å². The minimum absolute atomic E-state index is 0.196. The van der Waals surface area contributed by atoms with Crippen molar-refractivity contribution < 1.29 is 9.18 Å². The van der Waals surface area contributed by atoms with Crippen LogP contribution in [0.15, 0.2) is 22.7 Å². The molecule has 3 N–H and O–H groups in total. The van der Waals surface area contributed by atoms with Gasteiger partial charge in [0, 0.05) is 23.6 Å². The van der Waals surface area contributed by atoms with Crippen molar-refractivity contribution >= 4 is 27.5 Å². The molecule has 1 aromatic rings. The van der Waals surface area contributed by atoms with Crippen molar-refractivity contribution in [3.8, 4) is 0 Å². The Morgan fingerprint density at radius 1 is 1.47 bits per heavy atom. The van der Waals surface area contributed by atoms with Gasteiger partial charge in [-0.2, -0.15) is 0 Å². The van der Waals surface area contributed by atoms with Crippen molar-refractivity contribution in [3.05, 3.63) is 28.5 Å². The SMILES string of the molecule is NC1CCN(CC(=O)Nc2c(F)cccc2Br)CC1. The molecular weight excluding hydrogens is 313 g/mol. The second-order valence-electron chi connectivity index (χ2n) is 4.76. The van der Waals surface area contributed by atoms with E-state index < -0.39 is 5.82 Å². The Hall–Kier alpha value is -0.980. The van der Waals surface area contributed by atoms with Crippen molar-refractivity contribution in [1.82, 2.24) is 4.90 Å². The van der Waals surface area contributed by atoms with E-state index in [0.29, 0.717) is 4.47 Å². The first kappa shape index (κ1) is 14.4. The number of rotatable bonds is 3. The van der Waals surface area contributed by atoms with Gasteiger partial charge in [0.1, 0.15) is 5.82 Å². The van der Waals surface area contributed by atoms with Crippen molar-refractivity contribution in [1.29, 1.82) is 0 Å². The van der Waals surface area contributed by atoms with E-state index in [-0.39, 0.29) is 24.2 Å². The summed E-state index contributed by atoms with van der Waals surface area (Å²) in [6, 6.07) is 4.83. The second-order valence-corrected chi connectivity index (χ2v) is 5.61. The fourth-order valence-electron chi connectivity index (χ4n) is 2.11. The summed E-state index contributed by atoms with van der Waals surface area (Å²) in [5, 5.41) is 2.60. The van der Waals surface area contributed by atoms with Crippen LogP contribution in [0.2, 0.25) is 0 Å². The van der Waals surface area contributed by atoms with Crippen molar-refractivity contribution in [2.45, 2.75) is 18.9 Å². The van der Waals surface area contributed by atoms with Crippen LogP contribution in [-0.2, 0) is 4.79 Å². The monoisotopic (exact) mass is 329 g/mol. The van der Waals surface area contributed by atoms with Gasteiger partial charge < -0.3 is 11.1 Å². The molecule has 0 unspecified atom stereocenters. The van der Waals surface area contributed by atoms with Gasteiger partial charge >= 0.3 is 0 Å². The third-order valence-electron chi connectivity index (χ3n) is 3.23. The third kappa shape index (κ3) is 3.99. The number of nitrogens with one attached hydrogen (secondary N) is 1. The fraction of sp³-hybridized carbons (Fsp3) is 0.462. The molecule has 1 amide bonds. The topological polar surface area (TPSA) is 58.4 Å². The molecule has 0 aromatic heterocycles. The first-order valence-corrected chi connectivity index (χ1v) is 7.07. The van der Waals surface area contributed by atoms with Gasteiger partial charge in [-0.15, -0.1) is 0 Å². The lowest BCUT2D eigenvalue weighted by molar-refractivity contribution is -0.117. The molecule has 1 aliphatic heterocycles. The highest BCUT2D eigenvalue weighted by Gasteiger charge is 2.19. The number of anilines is 1. The minimum Gasteiger partial charge on any atom is -0.328 e. The van der Waals surface area contributed by atoms with Crippen LogP contribution in [0.25, 0.3) is 0 Å². The Kier molecular flexibility index (Phi) is 4.90. The number of amides is 1. The smallest absolute Gasteiger partial charge is 0.238 e. The first-order valence-electron chi connectivity index (χ1n) is 6.28. The molecule has 6 heteroatoms. The van der Waals surface area contributed by atoms with Crippen molar-refractivity contribution in [3.63, 3.8) is 0 Å². The first-order chi connectivity index (χ1) is 9.06.